The average molecular weight is 261 g/mol. The number of carboxylic acid groups (broad SMARTS) is 1. The first kappa shape index (κ1) is 13.6. The van der Waals surface area contributed by atoms with Crippen LogP contribution in [0.4, 0.5) is 0 Å². The third kappa shape index (κ3) is 2.78. The van der Waals surface area contributed by atoms with E-state index >= 15 is 0 Å². The van der Waals surface area contributed by atoms with Crippen LogP contribution >= 0.6 is 0 Å². The number of carboxylic acids is 1. The molecule has 102 valence electrons. The largest absolute Gasteiger partial charge is 0.481 e. The van der Waals surface area contributed by atoms with Crippen molar-refractivity contribution < 1.29 is 9.90 Å². The van der Waals surface area contributed by atoms with E-state index in [1.807, 2.05) is 4.68 Å². The number of hydrogen-bond acceptors (Lipinski definition) is 3. The molecule has 0 spiro atoms. The molecule has 0 saturated heterocycles. The standard InChI is InChI=1S/C14H19N3O2/c1-2-11-14-10(6-8-15)4-3-5-12(14)17(16-11)9-7-13(18)19/h10H,2-7,9H2,1H3,(H,18,19). The first-order valence-electron chi connectivity index (χ1n) is 6.84. The van der Waals surface area contributed by atoms with E-state index in [9.17, 15) is 4.79 Å². The molecule has 1 heterocycles. The molecular weight excluding hydrogens is 242 g/mol. The molecular formula is C14H19N3O2. The molecule has 1 aromatic heterocycles. The highest BCUT2D eigenvalue weighted by Crippen LogP contribution is 2.36. The van der Waals surface area contributed by atoms with Gasteiger partial charge < -0.3 is 5.11 Å². The van der Waals surface area contributed by atoms with Crippen LogP contribution in [-0.2, 0) is 24.2 Å². The molecule has 0 aromatic carbocycles. The van der Waals surface area contributed by atoms with Gasteiger partial charge in [0.2, 0.25) is 0 Å². The zero-order chi connectivity index (χ0) is 13.8. The van der Waals surface area contributed by atoms with Crippen LogP contribution in [0.5, 0.6) is 0 Å². The second-order valence-corrected chi connectivity index (χ2v) is 4.98. The third-order valence-corrected chi connectivity index (χ3v) is 3.76. The first-order valence-corrected chi connectivity index (χ1v) is 6.84. The Balaban J connectivity index is 2.33. The van der Waals surface area contributed by atoms with Gasteiger partial charge in [-0.25, -0.2) is 0 Å². The predicted molar refractivity (Wildman–Crippen MR) is 69.8 cm³/mol. The van der Waals surface area contributed by atoms with Gasteiger partial charge in [0, 0.05) is 23.6 Å². The number of nitrogens with zero attached hydrogens (tertiary/aromatic N) is 3. The summed E-state index contributed by atoms with van der Waals surface area (Å²) in [4.78, 5) is 10.7. The van der Waals surface area contributed by atoms with Crippen LogP contribution < -0.4 is 0 Å². The predicted octanol–water partition coefficient (Wildman–Crippen LogP) is 2.25. The fourth-order valence-corrected chi connectivity index (χ4v) is 2.92. The minimum atomic E-state index is -0.799. The fraction of sp³-hybridized carbons (Fsp3) is 0.643. The van der Waals surface area contributed by atoms with Crippen LogP contribution in [0, 0.1) is 11.3 Å². The maximum absolute atomic E-state index is 10.7. The Morgan fingerprint density at radius 3 is 3.05 bits per heavy atom. The molecule has 0 amide bonds. The lowest BCUT2D eigenvalue weighted by molar-refractivity contribution is -0.137. The Labute approximate surface area is 112 Å². The second-order valence-electron chi connectivity index (χ2n) is 4.98. The summed E-state index contributed by atoms with van der Waals surface area (Å²) in [5.41, 5.74) is 3.42. The van der Waals surface area contributed by atoms with Crippen molar-refractivity contribution in [2.45, 2.75) is 57.9 Å². The van der Waals surface area contributed by atoms with Crippen molar-refractivity contribution in [1.29, 1.82) is 5.26 Å². The minimum absolute atomic E-state index is 0.0974. The maximum atomic E-state index is 10.7. The summed E-state index contributed by atoms with van der Waals surface area (Å²) in [6.45, 7) is 2.49. The quantitative estimate of drug-likeness (QED) is 0.881. The van der Waals surface area contributed by atoms with Gasteiger partial charge in [-0.2, -0.15) is 10.4 Å². The van der Waals surface area contributed by atoms with Gasteiger partial charge in [0.05, 0.1) is 24.7 Å². The van der Waals surface area contributed by atoms with Crippen LogP contribution in [0.25, 0.3) is 0 Å². The molecule has 1 aromatic rings. The lowest BCUT2D eigenvalue weighted by atomic mass is 9.83. The van der Waals surface area contributed by atoms with E-state index in [1.54, 1.807) is 0 Å². The van der Waals surface area contributed by atoms with Crippen LogP contribution in [0.15, 0.2) is 0 Å². The molecule has 1 atom stereocenters. The van der Waals surface area contributed by atoms with Crippen molar-refractivity contribution in [3.8, 4) is 6.07 Å². The Kier molecular flexibility index (Phi) is 4.20. The highest BCUT2D eigenvalue weighted by Gasteiger charge is 2.27. The number of carbonyl (C=O) groups is 1. The van der Waals surface area contributed by atoms with Crippen molar-refractivity contribution >= 4 is 5.97 Å². The van der Waals surface area contributed by atoms with Crippen molar-refractivity contribution in [3.05, 3.63) is 17.0 Å². The van der Waals surface area contributed by atoms with Gasteiger partial charge >= 0.3 is 5.97 Å². The Morgan fingerprint density at radius 1 is 1.63 bits per heavy atom. The molecule has 1 unspecified atom stereocenters. The maximum Gasteiger partial charge on any atom is 0.305 e. The molecule has 0 radical (unpaired) electrons. The molecule has 5 heteroatoms. The van der Waals surface area contributed by atoms with Crippen molar-refractivity contribution in [2.24, 2.45) is 0 Å². The number of rotatable bonds is 5. The van der Waals surface area contributed by atoms with Gasteiger partial charge in [0.15, 0.2) is 0 Å². The van der Waals surface area contributed by atoms with E-state index in [1.165, 1.54) is 5.56 Å². The lowest BCUT2D eigenvalue weighted by Gasteiger charge is -2.22. The molecule has 1 aliphatic rings. The number of aromatic nitrogens is 2. The van der Waals surface area contributed by atoms with E-state index in [0.717, 1.165) is 37.1 Å². The van der Waals surface area contributed by atoms with Crippen LogP contribution in [-0.4, -0.2) is 20.9 Å². The van der Waals surface area contributed by atoms with E-state index in [4.69, 9.17) is 10.4 Å². The number of fused-ring (bicyclic) bond motifs is 1. The smallest absolute Gasteiger partial charge is 0.305 e. The van der Waals surface area contributed by atoms with Crippen LogP contribution in [0.1, 0.15) is 55.5 Å². The van der Waals surface area contributed by atoms with Crippen molar-refractivity contribution in [3.63, 3.8) is 0 Å². The summed E-state index contributed by atoms with van der Waals surface area (Å²) in [6, 6.07) is 2.26. The minimum Gasteiger partial charge on any atom is -0.481 e. The SMILES string of the molecule is CCc1nn(CCC(=O)O)c2c1C(CC#N)CCC2. The molecule has 0 saturated carbocycles. The highest BCUT2D eigenvalue weighted by molar-refractivity contribution is 5.66. The summed E-state index contributed by atoms with van der Waals surface area (Å²) in [6.07, 6.45) is 4.51. The van der Waals surface area contributed by atoms with Crippen LogP contribution in [0.3, 0.4) is 0 Å². The van der Waals surface area contributed by atoms with Gasteiger partial charge in [-0.05, 0) is 25.7 Å². The molecule has 1 N–H and O–H groups in total. The lowest BCUT2D eigenvalue weighted by Crippen LogP contribution is -2.14. The second kappa shape index (κ2) is 5.87. The van der Waals surface area contributed by atoms with Gasteiger partial charge in [-0.1, -0.05) is 6.92 Å². The average Bonchev–Trinajstić information content (AvgIpc) is 2.76. The van der Waals surface area contributed by atoms with E-state index < -0.39 is 5.97 Å². The van der Waals surface area contributed by atoms with Gasteiger partial charge in [-0.15, -0.1) is 0 Å². The zero-order valence-electron chi connectivity index (χ0n) is 11.2. The summed E-state index contributed by atoms with van der Waals surface area (Å²) < 4.78 is 1.85. The topological polar surface area (TPSA) is 78.9 Å². The summed E-state index contributed by atoms with van der Waals surface area (Å²) in [5, 5.41) is 22.3. The summed E-state index contributed by atoms with van der Waals surface area (Å²) >= 11 is 0. The normalized spacial score (nSPS) is 17.8. The van der Waals surface area contributed by atoms with E-state index in [-0.39, 0.29) is 12.3 Å². The highest BCUT2D eigenvalue weighted by atomic mass is 16.4. The van der Waals surface area contributed by atoms with E-state index in [2.05, 4.69) is 18.1 Å². The van der Waals surface area contributed by atoms with Gasteiger partial charge in [0.1, 0.15) is 0 Å². The number of aliphatic carboxylic acids is 1. The number of nitriles is 1. The molecule has 2 rings (SSSR count). The summed E-state index contributed by atoms with van der Waals surface area (Å²) in [5.74, 6) is -0.519. The van der Waals surface area contributed by atoms with Crippen LogP contribution in [0.2, 0.25) is 0 Å². The van der Waals surface area contributed by atoms with Gasteiger partial charge in [0.25, 0.3) is 0 Å². The Bertz CT molecular complexity index is 513. The molecule has 1 aliphatic carbocycles. The Hall–Kier alpha value is -1.83. The molecule has 19 heavy (non-hydrogen) atoms. The molecule has 0 bridgehead atoms. The number of aryl methyl sites for hydroxylation is 2. The Morgan fingerprint density at radius 2 is 2.42 bits per heavy atom. The summed E-state index contributed by atoms with van der Waals surface area (Å²) in [7, 11) is 0. The first-order chi connectivity index (χ1) is 9.17. The monoisotopic (exact) mass is 261 g/mol. The zero-order valence-corrected chi connectivity index (χ0v) is 11.2. The molecule has 0 fully saturated rings. The molecule has 0 aliphatic heterocycles. The fourth-order valence-electron chi connectivity index (χ4n) is 2.92. The van der Waals surface area contributed by atoms with E-state index in [0.29, 0.717) is 13.0 Å². The number of hydrogen-bond donors (Lipinski definition) is 1. The van der Waals surface area contributed by atoms with Crippen molar-refractivity contribution in [2.75, 3.05) is 0 Å². The van der Waals surface area contributed by atoms with Crippen molar-refractivity contribution in [1.82, 2.24) is 9.78 Å². The molecule has 5 nitrogen and oxygen atoms in total. The van der Waals surface area contributed by atoms with Gasteiger partial charge in [-0.3, -0.25) is 9.48 Å². The third-order valence-electron chi connectivity index (χ3n) is 3.76.